The fourth-order valence-corrected chi connectivity index (χ4v) is 2.82. The molecular weight excluding hydrogens is 362 g/mol. The second kappa shape index (κ2) is 10.2. The van der Waals surface area contributed by atoms with Gasteiger partial charge in [0, 0.05) is 13.6 Å². The monoisotopic (exact) mass is 374 g/mol. The molecule has 0 unspecified atom stereocenters. The van der Waals surface area contributed by atoms with E-state index in [9.17, 15) is 9.59 Å². The van der Waals surface area contributed by atoms with Crippen LogP contribution in [0.2, 0.25) is 0 Å². The van der Waals surface area contributed by atoms with Crippen molar-refractivity contribution in [2.24, 2.45) is 13.0 Å². The predicted octanol–water partition coefficient (Wildman–Crippen LogP) is -7.27. The topological polar surface area (TPSA) is 107 Å². The van der Waals surface area contributed by atoms with Crippen molar-refractivity contribution in [1.82, 2.24) is 9.13 Å². The Labute approximate surface area is 215 Å². The van der Waals surface area contributed by atoms with Crippen LogP contribution < -0.4 is 124 Å². The molecule has 108 valence electrons. The Bertz CT molecular complexity index is 759. The van der Waals surface area contributed by atoms with Gasteiger partial charge >= 0.3 is 108 Å². The Morgan fingerprint density at radius 2 is 1.86 bits per heavy atom. The van der Waals surface area contributed by atoms with Crippen LogP contribution >= 0.6 is 11.3 Å². The molecule has 0 amide bonds. The zero-order chi connectivity index (χ0) is 14.9. The van der Waals surface area contributed by atoms with Gasteiger partial charge in [-0.3, -0.25) is 13.9 Å². The Morgan fingerprint density at radius 1 is 1.32 bits per heavy atom. The molecule has 10 heteroatoms. The number of carboxylic acid groups (broad SMARTS) is 2. The Morgan fingerprint density at radius 3 is 2.36 bits per heavy atom. The largest absolute Gasteiger partial charge is 1.00 e. The minimum atomic E-state index is -2.33. The van der Waals surface area contributed by atoms with Crippen molar-refractivity contribution in [3.8, 4) is 0 Å². The summed E-state index contributed by atoms with van der Waals surface area (Å²) in [5.41, 5.74) is -0.375. The normalized spacial score (nSPS) is 12.6. The van der Waals surface area contributed by atoms with Gasteiger partial charge in [-0.2, -0.15) is 0 Å². The molecule has 0 atom stereocenters. The van der Waals surface area contributed by atoms with E-state index in [-0.39, 0.29) is 114 Å². The Hall–Kier alpha value is 1.18. The fraction of sp³-hybridized carbons (Fsp3) is 0.417. The molecule has 2 heterocycles. The SMILES string of the molecule is Cn1c(=O)c2ccsc2n(CC2CC2)c1=O.O=C([O-])[O-].[K+].[K+]. The molecule has 0 bridgehead atoms. The average molecular weight is 374 g/mol. The van der Waals surface area contributed by atoms with Crippen LogP contribution in [-0.4, -0.2) is 15.3 Å². The number of hydrogen-bond acceptors (Lipinski definition) is 6. The Balaban J connectivity index is 0.000000665. The first-order valence-corrected chi connectivity index (χ1v) is 6.84. The molecule has 1 aliphatic rings. The van der Waals surface area contributed by atoms with E-state index in [1.54, 1.807) is 17.7 Å². The molecule has 1 aliphatic carbocycles. The summed E-state index contributed by atoms with van der Waals surface area (Å²) in [7, 11) is 1.55. The molecule has 3 rings (SSSR count). The fourth-order valence-electron chi connectivity index (χ4n) is 1.93. The van der Waals surface area contributed by atoms with Gasteiger partial charge in [-0.05, 0) is 36.4 Å². The summed E-state index contributed by atoms with van der Waals surface area (Å²) in [6.45, 7) is 0.754. The molecule has 22 heavy (non-hydrogen) atoms. The van der Waals surface area contributed by atoms with E-state index in [1.165, 1.54) is 28.7 Å². The quantitative estimate of drug-likeness (QED) is 0.486. The summed E-state index contributed by atoms with van der Waals surface area (Å²) < 4.78 is 2.95. The van der Waals surface area contributed by atoms with E-state index in [0.717, 1.165) is 11.4 Å². The van der Waals surface area contributed by atoms with Crippen molar-refractivity contribution < 1.29 is 118 Å². The van der Waals surface area contributed by atoms with Gasteiger partial charge in [-0.15, -0.1) is 11.3 Å². The standard InChI is InChI=1S/C11H12N2O2S.CH2O3.2K/c1-12-9(14)8-4-5-16-10(8)13(11(12)15)6-7-2-3-7;2-1(3)4;;/h4-5,7H,2-3,6H2,1H3;(H2,2,3,4);;/q;;2*+1/p-2. The minimum absolute atomic E-state index is 0. The van der Waals surface area contributed by atoms with Gasteiger partial charge in [-0.25, -0.2) is 4.79 Å². The molecular formula is C12H12K2N2O5S. The third-order valence-electron chi connectivity index (χ3n) is 3.08. The summed E-state index contributed by atoms with van der Waals surface area (Å²) in [4.78, 5) is 33.0. The van der Waals surface area contributed by atoms with E-state index in [1.807, 2.05) is 5.38 Å². The van der Waals surface area contributed by atoms with E-state index >= 15 is 0 Å². The van der Waals surface area contributed by atoms with Gasteiger partial charge < -0.3 is 15.0 Å². The number of thiophene rings is 1. The van der Waals surface area contributed by atoms with Crippen LogP contribution in [0.25, 0.3) is 10.2 Å². The number of carbonyl (C=O) groups excluding carboxylic acids is 1. The summed E-state index contributed by atoms with van der Waals surface area (Å²) in [5, 5.41) is 19.2. The third-order valence-corrected chi connectivity index (χ3v) is 4.02. The van der Waals surface area contributed by atoms with Gasteiger partial charge in [0.25, 0.3) is 5.56 Å². The van der Waals surface area contributed by atoms with Crippen molar-refractivity contribution in [3.05, 3.63) is 32.3 Å². The molecule has 1 saturated carbocycles. The van der Waals surface area contributed by atoms with E-state index in [2.05, 4.69) is 0 Å². The van der Waals surface area contributed by atoms with Crippen molar-refractivity contribution in [1.29, 1.82) is 0 Å². The van der Waals surface area contributed by atoms with Gasteiger partial charge in [0.2, 0.25) is 0 Å². The van der Waals surface area contributed by atoms with Crippen LogP contribution in [0.3, 0.4) is 0 Å². The average Bonchev–Trinajstić information content (AvgIpc) is 3.06. The number of nitrogens with zero attached hydrogens (tertiary/aromatic N) is 2. The zero-order valence-corrected chi connectivity index (χ0v) is 19.8. The molecule has 0 spiro atoms. The van der Waals surface area contributed by atoms with E-state index in [4.69, 9.17) is 15.0 Å². The van der Waals surface area contributed by atoms with Gasteiger partial charge in [0.1, 0.15) is 4.83 Å². The summed E-state index contributed by atoms with van der Waals surface area (Å²) in [5.74, 6) is 0.625. The molecule has 2 aromatic rings. The first kappa shape index (κ1) is 23.2. The number of carbonyl (C=O) groups is 1. The molecule has 0 N–H and O–H groups in total. The molecule has 7 nitrogen and oxygen atoms in total. The predicted molar refractivity (Wildman–Crippen MR) is 69.4 cm³/mol. The molecule has 0 saturated heterocycles. The van der Waals surface area contributed by atoms with Crippen molar-refractivity contribution in [2.45, 2.75) is 19.4 Å². The van der Waals surface area contributed by atoms with E-state index in [0.29, 0.717) is 11.3 Å². The molecule has 2 aromatic heterocycles. The third kappa shape index (κ3) is 5.92. The van der Waals surface area contributed by atoms with Crippen LogP contribution in [-0.2, 0) is 13.6 Å². The van der Waals surface area contributed by atoms with E-state index < -0.39 is 6.16 Å². The number of aromatic nitrogens is 2. The van der Waals surface area contributed by atoms with Crippen molar-refractivity contribution in [2.75, 3.05) is 0 Å². The maximum absolute atomic E-state index is 12.0. The maximum Gasteiger partial charge on any atom is 1.00 e. The smallest absolute Gasteiger partial charge is 0.652 e. The summed E-state index contributed by atoms with van der Waals surface area (Å²) in [6, 6.07) is 1.80. The summed E-state index contributed by atoms with van der Waals surface area (Å²) >= 11 is 1.47. The van der Waals surface area contributed by atoms with Gasteiger partial charge in [0.15, 0.2) is 0 Å². The van der Waals surface area contributed by atoms with Gasteiger partial charge in [-0.1, -0.05) is 0 Å². The van der Waals surface area contributed by atoms with Crippen LogP contribution in [0, 0.1) is 5.92 Å². The minimum Gasteiger partial charge on any atom is -0.652 e. The van der Waals surface area contributed by atoms with Crippen LogP contribution in [0.4, 0.5) is 4.79 Å². The Kier molecular flexibility index (Phi) is 10.8. The molecule has 1 fully saturated rings. The summed E-state index contributed by atoms with van der Waals surface area (Å²) in [6.07, 6.45) is 0.0598. The number of fused-ring (bicyclic) bond motifs is 1. The second-order valence-corrected chi connectivity index (χ2v) is 5.48. The molecule has 0 aromatic carbocycles. The van der Waals surface area contributed by atoms with Crippen LogP contribution in [0.5, 0.6) is 0 Å². The number of rotatable bonds is 2. The van der Waals surface area contributed by atoms with Crippen molar-refractivity contribution in [3.63, 3.8) is 0 Å². The zero-order valence-electron chi connectivity index (χ0n) is 12.7. The molecule has 0 aliphatic heterocycles. The maximum atomic E-state index is 12.0. The first-order chi connectivity index (χ1) is 9.41. The van der Waals surface area contributed by atoms with Crippen molar-refractivity contribution >= 4 is 27.7 Å². The van der Waals surface area contributed by atoms with Gasteiger partial charge in [0.05, 0.1) is 5.39 Å². The van der Waals surface area contributed by atoms with Crippen LogP contribution in [0.15, 0.2) is 21.0 Å². The second-order valence-electron chi connectivity index (χ2n) is 4.59. The number of hydrogen-bond donors (Lipinski definition) is 0. The van der Waals surface area contributed by atoms with Crippen LogP contribution in [0.1, 0.15) is 12.8 Å². The first-order valence-electron chi connectivity index (χ1n) is 5.97. The molecule has 0 radical (unpaired) electrons.